The number of esters is 1. The Kier molecular flexibility index (Phi) is 6.76. The van der Waals surface area contributed by atoms with Crippen molar-refractivity contribution in [2.45, 2.75) is 40.2 Å². The average Bonchev–Trinajstić information content (AvgIpc) is 3.21. The molecule has 0 N–H and O–H groups in total. The number of ether oxygens (including phenoxy) is 2. The highest BCUT2D eigenvalue weighted by molar-refractivity contribution is 6.11. The van der Waals surface area contributed by atoms with Gasteiger partial charge in [-0.2, -0.15) is 0 Å². The number of anilines is 1. The van der Waals surface area contributed by atoms with E-state index in [4.69, 9.17) is 13.9 Å². The second kappa shape index (κ2) is 10.2. The second-order valence-corrected chi connectivity index (χ2v) is 9.37. The van der Waals surface area contributed by atoms with Crippen LogP contribution in [0.5, 0.6) is 5.75 Å². The van der Waals surface area contributed by atoms with Gasteiger partial charge in [0.2, 0.25) is 5.76 Å². The molecule has 38 heavy (non-hydrogen) atoms. The van der Waals surface area contributed by atoms with E-state index in [0.717, 1.165) is 23.1 Å². The largest absolute Gasteiger partial charge is 0.494 e. The van der Waals surface area contributed by atoms with Crippen molar-refractivity contribution in [3.05, 3.63) is 104 Å². The fourth-order valence-corrected chi connectivity index (χ4v) is 4.78. The van der Waals surface area contributed by atoms with Crippen molar-refractivity contribution >= 4 is 28.5 Å². The van der Waals surface area contributed by atoms with Gasteiger partial charge >= 0.3 is 5.97 Å². The number of amides is 1. The van der Waals surface area contributed by atoms with Gasteiger partial charge in [-0.3, -0.25) is 14.5 Å². The number of aryl methyl sites for hydroxylation is 2. The molecule has 0 fully saturated rings. The van der Waals surface area contributed by atoms with Crippen LogP contribution in [-0.2, 0) is 4.74 Å². The Morgan fingerprint density at radius 2 is 1.71 bits per heavy atom. The highest BCUT2D eigenvalue weighted by Crippen LogP contribution is 2.42. The van der Waals surface area contributed by atoms with Crippen LogP contribution in [0.25, 0.3) is 11.0 Å². The molecule has 1 atom stereocenters. The fourth-order valence-electron chi connectivity index (χ4n) is 4.78. The van der Waals surface area contributed by atoms with Crippen molar-refractivity contribution in [3.63, 3.8) is 0 Å². The van der Waals surface area contributed by atoms with Crippen LogP contribution in [0.4, 0.5) is 5.69 Å². The zero-order chi connectivity index (χ0) is 27.0. The first-order valence-corrected chi connectivity index (χ1v) is 12.8. The van der Waals surface area contributed by atoms with Crippen molar-refractivity contribution in [1.82, 2.24) is 0 Å². The Labute approximate surface area is 220 Å². The summed E-state index contributed by atoms with van der Waals surface area (Å²) < 4.78 is 17.1. The Balaban J connectivity index is 1.70. The van der Waals surface area contributed by atoms with E-state index in [-0.39, 0.29) is 23.4 Å². The molecule has 0 radical (unpaired) electrons. The molecule has 4 aromatic rings. The van der Waals surface area contributed by atoms with Crippen LogP contribution in [-0.4, -0.2) is 25.1 Å². The molecule has 5 rings (SSSR count). The molecule has 1 unspecified atom stereocenters. The van der Waals surface area contributed by atoms with E-state index in [9.17, 15) is 14.4 Å². The van der Waals surface area contributed by atoms with Crippen LogP contribution in [0, 0.1) is 13.8 Å². The predicted octanol–water partition coefficient (Wildman–Crippen LogP) is 6.13. The van der Waals surface area contributed by atoms with E-state index < -0.39 is 17.9 Å². The minimum atomic E-state index is -0.738. The van der Waals surface area contributed by atoms with Gasteiger partial charge in [-0.1, -0.05) is 19.1 Å². The molecule has 3 aromatic carbocycles. The monoisotopic (exact) mass is 511 g/mol. The summed E-state index contributed by atoms with van der Waals surface area (Å²) in [6, 6.07) is 16.9. The lowest BCUT2D eigenvalue weighted by Crippen LogP contribution is -2.29. The summed E-state index contributed by atoms with van der Waals surface area (Å²) in [6.07, 6.45) is 0.849. The summed E-state index contributed by atoms with van der Waals surface area (Å²) >= 11 is 0. The molecule has 0 spiro atoms. The first kappa shape index (κ1) is 25.3. The number of hydrogen-bond acceptors (Lipinski definition) is 6. The summed E-state index contributed by atoms with van der Waals surface area (Å²) in [5.41, 5.74) is 3.97. The number of benzene rings is 3. The highest BCUT2D eigenvalue weighted by atomic mass is 16.5. The molecule has 1 amide bonds. The lowest BCUT2D eigenvalue weighted by atomic mass is 9.97. The zero-order valence-electron chi connectivity index (χ0n) is 21.9. The van der Waals surface area contributed by atoms with Crippen molar-refractivity contribution in [3.8, 4) is 5.75 Å². The van der Waals surface area contributed by atoms with E-state index in [2.05, 4.69) is 0 Å². The first-order chi connectivity index (χ1) is 18.3. The molecular formula is C31H29NO6. The van der Waals surface area contributed by atoms with Crippen LogP contribution in [0.2, 0.25) is 0 Å². The Hall–Kier alpha value is -4.39. The third kappa shape index (κ3) is 4.34. The van der Waals surface area contributed by atoms with Gasteiger partial charge in [-0.15, -0.1) is 0 Å². The number of carbonyl (C=O) groups is 2. The van der Waals surface area contributed by atoms with Crippen molar-refractivity contribution in [2.24, 2.45) is 0 Å². The van der Waals surface area contributed by atoms with Gasteiger partial charge in [0.15, 0.2) is 5.43 Å². The third-order valence-electron chi connectivity index (χ3n) is 6.79. The van der Waals surface area contributed by atoms with Gasteiger partial charge < -0.3 is 13.9 Å². The van der Waals surface area contributed by atoms with E-state index in [1.165, 1.54) is 0 Å². The summed E-state index contributed by atoms with van der Waals surface area (Å²) in [7, 11) is 0. The zero-order valence-corrected chi connectivity index (χ0v) is 21.9. The minimum Gasteiger partial charge on any atom is -0.494 e. The molecule has 0 saturated carbocycles. The molecule has 7 heteroatoms. The van der Waals surface area contributed by atoms with Crippen LogP contribution in [0.1, 0.15) is 69.5 Å². The van der Waals surface area contributed by atoms with E-state index in [1.54, 1.807) is 42.2 Å². The molecule has 1 aliphatic heterocycles. The maximum atomic E-state index is 13.9. The second-order valence-electron chi connectivity index (χ2n) is 9.37. The Morgan fingerprint density at radius 1 is 0.974 bits per heavy atom. The topological polar surface area (TPSA) is 86.0 Å². The average molecular weight is 512 g/mol. The van der Waals surface area contributed by atoms with Crippen LogP contribution >= 0.6 is 0 Å². The summed E-state index contributed by atoms with van der Waals surface area (Å²) in [5.74, 6) is -0.197. The number of nitrogens with zero attached hydrogens (tertiary/aromatic N) is 1. The van der Waals surface area contributed by atoms with Crippen molar-refractivity contribution in [2.75, 3.05) is 18.1 Å². The molecule has 1 aliphatic rings. The normalized spacial score (nSPS) is 14.6. The van der Waals surface area contributed by atoms with E-state index in [1.807, 2.05) is 51.1 Å². The summed E-state index contributed by atoms with van der Waals surface area (Å²) in [6.45, 7) is 8.46. The predicted molar refractivity (Wildman–Crippen MR) is 145 cm³/mol. The lowest BCUT2D eigenvalue weighted by Gasteiger charge is -2.25. The van der Waals surface area contributed by atoms with Crippen molar-refractivity contribution in [1.29, 1.82) is 0 Å². The van der Waals surface area contributed by atoms with Gasteiger partial charge in [0.1, 0.15) is 11.3 Å². The summed E-state index contributed by atoms with van der Waals surface area (Å²) in [4.78, 5) is 41.5. The van der Waals surface area contributed by atoms with Crippen LogP contribution < -0.4 is 15.1 Å². The fraction of sp³-hybridized carbons (Fsp3) is 0.258. The molecule has 0 saturated heterocycles. The molecule has 2 heterocycles. The lowest BCUT2D eigenvalue weighted by molar-refractivity contribution is 0.0526. The van der Waals surface area contributed by atoms with Gasteiger partial charge in [0, 0.05) is 5.69 Å². The molecular weight excluding hydrogens is 482 g/mol. The number of hydrogen-bond donors (Lipinski definition) is 0. The van der Waals surface area contributed by atoms with Gasteiger partial charge in [0.05, 0.1) is 35.8 Å². The van der Waals surface area contributed by atoms with Crippen LogP contribution in [0.3, 0.4) is 0 Å². The van der Waals surface area contributed by atoms with Crippen molar-refractivity contribution < 1.29 is 23.5 Å². The molecule has 0 aliphatic carbocycles. The van der Waals surface area contributed by atoms with E-state index in [0.29, 0.717) is 34.6 Å². The van der Waals surface area contributed by atoms with Gasteiger partial charge in [-0.25, -0.2) is 4.79 Å². The van der Waals surface area contributed by atoms with Gasteiger partial charge in [0.25, 0.3) is 5.91 Å². The quantitative estimate of drug-likeness (QED) is 0.278. The molecule has 1 aromatic heterocycles. The smallest absolute Gasteiger partial charge is 0.338 e. The standard InChI is InChI=1S/C31H29NO6/c1-5-14-37-23-9-7-8-21(17-23)27-26-28(33)24-15-18(3)19(4)16-25(24)38-29(26)30(34)32(27)22-12-10-20(11-13-22)31(35)36-6-2/h7-13,15-17,27H,5-6,14H2,1-4H3. The summed E-state index contributed by atoms with van der Waals surface area (Å²) in [5, 5.41) is 0.433. The first-order valence-electron chi connectivity index (χ1n) is 12.8. The minimum absolute atomic E-state index is 0.0186. The number of rotatable bonds is 7. The number of carbonyl (C=O) groups excluding carboxylic acids is 2. The van der Waals surface area contributed by atoms with Gasteiger partial charge in [-0.05, 0) is 92.4 Å². The highest BCUT2D eigenvalue weighted by Gasteiger charge is 2.43. The molecule has 194 valence electrons. The molecule has 7 nitrogen and oxygen atoms in total. The Bertz CT molecular complexity index is 1600. The SMILES string of the molecule is CCCOc1cccc(C2c3c(oc4cc(C)c(C)cc4c3=O)C(=O)N2c2ccc(C(=O)OCC)cc2)c1. The maximum Gasteiger partial charge on any atom is 0.338 e. The van der Waals surface area contributed by atoms with Crippen LogP contribution in [0.15, 0.2) is 69.9 Å². The number of fused-ring (bicyclic) bond motifs is 2. The third-order valence-corrected chi connectivity index (χ3v) is 6.79. The Morgan fingerprint density at radius 3 is 2.42 bits per heavy atom. The maximum absolute atomic E-state index is 13.9. The van der Waals surface area contributed by atoms with E-state index >= 15 is 0 Å². The molecule has 0 bridgehead atoms.